The summed E-state index contributed by atoms with van der Waals surface area (Å²) in [5.41, 5.74) is 0.319. The van der Waals surface area contributed by atoms with Crippen molar-refractivity contribution in [1.82, 2.24) is 15.4 Å². The number of fused-ring (bicyclic) bond motifs is 2. The minimum Gasteiger partial charge on any atom is -0.444 e. The van der Waals surface area contributed by atoms with Crippen LogP contribution in [-0.2, 0) is 4.74 Å². The first kappa shape index (κ1) is 16.9. The Balaban J connectivity index is 1.42. The summed E-state index contributed by atoms with van der Waals surface area (Å²) in [5.74, 6) is 0.233. The Bertz CT molecular complexity index is 854. The Morgan fingerprint density at radius 1 is 1.31 bits per heavy atom. The van der Waals surface area contributed by atoms with Crippen LogP contribution in [0.25, 0.3) is 11.0 Å². The average molecular weight is 357 g/mol. The van der Waals surface area contributed by atoms with E-state index < -0.39 is 5.60 Å². The molecule has 1 saturated carbocycles. The van der Waals surface area contributed by atoms with Crippen molar-refractivity contribution in [3.63, 3.8) is 0 Å². The van der Waals surface area contributed by atoms with Crippen molar-refractivity contribution in [1.29, 1.82) is 0 Å². The molecule has 1 aliphatic heterocycles. The number of nitrogens with one attached hydrogen (secondary N) is 1. The predicted molar refractivity (Wildman–Crippen MR) is 94.7 cm³/mol. The molecule has 3 atom stereocenters. The Morgan fingerprint density at radius 2 is 2.08 bits per heavy atom. The second-order valence-corrected chi connectivity index (χ2v) is 8.08. The van der Waals surface area contributed by atoms with Crippen molar-refractivity contribution in [3.8, 4) is 0 Å². The fourth-order valence-electron chi connectivity index (χ4n) is 3.68. The van der Waals surface area contributed by atoms with Gasteiger partial charge in [0.05, 0.1) is 11.4 Å². The maximum absolute atomic E-state index is 12.5. The molecule has 7 heteroatoms. The van der Waals surface area contributed by atoms with Crippen molar-refractivity contribution in [2.24, 2.45) is 5.92 Å². The zero-order valence-corrected chi connectivity index (χ0v) is 15.2. The first-order chi connectivity index (χ1) is 12.3. The summed E-state index contributed by atoms with van der Waals surface area (Å²) in [6, 6.07) is 7.45. The second kappa shape index (κ2) is 6.00. The van der Waals surface area contributed by atoms with Crippen LogP contribution in [0.2, 0.25) is 0 Å². The van der Waals surface area contributed by atoms with E-state index in [1.165, 1.54) is 0 Å². The number of piperidine rings is 1. The van der Waals surface area contributed by atoms with Crippen LogP contribution in [0.5, 0.6) is 0 Å². The van der Waals surface area contributed by atoms with Crippen molar-refractivity contribution in [2.45, 2.75) is 51.3 Å². The van der Waals surface area contributed by atoms with E-state index in [1.54, 1.807) is 17.0 Å². The fourth-order valence-corrected chi connectivity index (χ4v) is 3.68. The van der Waals surface area contributed by atoms with Gasteiger partial charge in [0.2, 0.25) is 0 Å². The number of para-hydroxylation sites is 1. The zero-order chi connectivity index (χ0) is 18.5. The average Bonchev–Trinajstić information content (AvgIpc) is 3.04. The molecule has 2 heterocycles. The van der Waals surface area contributed by atoms with Gasteiger partial charge in [0, 0.05) is 12.6 Å². The monoisotopic (exact) mass is 357 g/mol. The standard InChI is InChI=1S/C19H23N3O4/c1-19(2,3)25-18(24)22-12(8-11-9-14(11)22)10-20-17(23)16-13-6-4-5-7-15(13)26-21-16/h4-7,11-12,14H,8-10H2,1-3H3,(H,20,23). The molecule has 2 aliphatic rings. The molecule has 1 N–H and O–H groups in total. The van der Waals surface area contributed by atoms with E-state index in [0.29, 0.717) is 23.4 Å². The smallest absolute Gasteiger partial charge is 0.410 e. The highest BCUT2D eigenvalue weighted by Crippen LogP contribution is 2.48. The lowest BCUT2D eigenvalue weighted by molar-refractivity contribution is 0.0183. The van der Waals surface area contributed by atoms with Gasteiger partial charge < -0.3 is 19.5 Å². The third-order valence-corrected chi connectivity index (χ3v) is 4.91. The summed E-state index contributed by atoms with van der Waals surface area (Å²) in [6.45, 7) is 5.96. The molecule has 2 fully saturated rings. The van der Waals surface area contributed by atoms with E-state index >= 15 is 0 Å². The second-order valence-electron chi connectivity index (χ2n) is 8.08. The molecule has 2 aromatic rings. The molecule has 1 aliphatic carbocycles. The summed E-state index contributed by atoms with van der Waals surface area (Å²) >= 11 is 0. The number of hydrogen-bond donors (Lipinski definition) is 1. The summed E-state index contributed by atoms with van der Waals surface area (Å²) in [7, 11) is 0. The molecular formula is C19H23N3O4. The number of ether oxygens (including phenoxy) is 1. The summed E-state index contributed by atoms with van der Waals surface area (Å²) in [6.07, 6.45) is 1.62. The molecule has 4 rings (SSSR count). The number of carbonyl (C=O) groups is 2. The highest BCUT2D eigenvalue weighted by atomic mass is 16.6. The van der Waals surface area contributed by atoms with Gasteiger partial charge in [-0.3, -0.25) is 4.79 Å². The van der Waals surface area contributed by atoms with Crippen molar-refractivity contribution in [2.75, 3.05) is 6.54 Å². The fraction of sp³-hybridized carbons (Fsp3) is 0.526. The van der Waals surface area contributed by atoms with Gasteiger partial charge in [-0.1, -0.05) is 17.3 Å². The van der Waals surface area contributed by atoms with Gasteiger partial charge in [-0.2, -0.15) is 0 Å². The van der Waals surface area contributed by atoms with Crippen molar-refractivity contribution >= 4 is 23.0 Å². The third kappa shape index (κ3) is 3.13. The molecule has 138 valence electrons. The van der Waals surface area contributed by atoms with Gasteiger partial charge in [0.25, 0.3) is 5.91 Å². The minimum atomic E-state index is -0.530. The van der Waals surface area contributed by atoms with Crippen LogP contribution in [0.1, 0.15) is 44.1 Å². The number of aromatic nitrogens is 1. The maximum atomic E-state index is 12.5. The van der Waals surface area contributed by atoms with Crippen LogP contribution in [0.15, 0.2) is 28.8 Å². The Hall–Kier alpha value is -2.57. The van der Waals surface area contributed by atoms with E-state index in [0.717, 1.165) is 12.8 Å². The van der Waals surface area contributed by atoms with Crippen LogP contribution < -0.4 is 5.32 Å². The van der Waals surface area contributed by atoms with E-state index in [1.807, 2.05) is 32.9 Å². The van der Waals surface area contributed by atoms with Gasteiger partial charge in [-0.15, -0.1) is 0 Å². The molecule has 2 amide bonds. The normalized spacial score (nSPS) is 24.4. The lowest BCUT2D eigenvalue weighted by Crippen LogP contribution is -2.47. The van der Waals surface area contributed by atoms with Crippen LogP contribution >= 0.6 is 0 Å². The van der Waals surface area contributed by atoms with Gasteiger partial charge in [-0.25, -0.2) is 4.79 Å². The van der Waals surface area contributed by atoms with Crippen LogP contribution in [0, 0.1) is 5.92 Å². The number of likely N-dealkylation sites (tertiary alicyclic amines) is 1. The van der Waals surface area contributed by atoms with Gasteiger partial charge >= 0.3 is 6.09 Å². The Kier molecular flexibility index (Phi) is 3.89. The molecule has 7 nitrogen and oxygen atoms in total. The lowest BCUT2D eigenvalue weighted by atomic mass is 10.1. The number of carbonyl (C=O) groups excluding carboxylic acids is 2. The third-order valence-electron chi connectivity index (χ3n) is 4.91. The number of amides is 2. The molecular weight excluding hydrogens is 334 g/mol. The summed E-state index contributed by atoms with van der Waals surface area (Å²) < 4.78 is 10.7. The lowest BCUT2D eigenvalue weighted by Gasteiger charge is -2.30. The van der Waals surface area contributed by atoms with Crippen LogP contribution in [-0.4, -0.2) is 46.3 Å². The quantitative estimate of drug-likeness (QED) is 0.913. The molecule has 0 spiro atoms. The van der Waals surface area contributed by atoms with Crippen LogP contribution in [0.3, 0.4) is 0 Å². The SMILES string of the molecule is CC(C)(C)OC(=O)N1C(CNC(=O)c2noc3ccccc23)CC2CC21. The molecule has 0 radical (unpaired) electrons. The van der Waals surface area contributed by atoms with E-state index in [4.69, 9.17) is 9.26 Å². The molecule has 3 unspecified atom stereocenters. The summed E-state index contributed by atoms with van der Waals surface area (Å²) in [5, 5.41) is 7.46. The van der Waals surface area contributed by atoms with E-state index in [2.05, 4.69) is 10.5 Å². The largest absolute Gasteiger partial charge is 0.444 e. The molecule has 1 aromatic heterocycles. The number of rotatable bonds is 3. The number of hydrogen-bond acceptors (Lipinski definition) is 5. The van der Waals surface area contributed by atoms with Crippen molar-refractivity contribution < 1.29 is 18.8 Å². The highest BCUT2D eigenvalue weighted by Gasteiger charge is 2.54. The topological polar surface area (TPSA) is 84.7 Å². The summed E-state index contributed by atoms with van der Waals surface area (Å²) in [4.78, 5) is 26.8. The number of nitrogens with zero attached hydrogens (tertiary/aromatic N) is 2. The molecule has 0 bridgehead atoms. The Labute approximate surface area is 151 Å². The van der Waals surface area contributed by atoms with Crippen molar-refractivity contribution in [3.05, 3.63) is 30.0 Å². The molecule has 1 aromatic carbocycles. The highest BCUT2D eigenvalue weighted by molar-refractivity contribution is 6.03. The first-order valence-corrected chi connectivity index (χ1v) is 8.97. The maximum Gasteiger partial charge on any atom is 0.410 e. The number of benzene rings is 1. The predicted octanol–water partition coefficient (Wildman–Crippen LogP) is 2.96. The van der Waals surface area contributed by atoms with E-state index in [-0.39, 0.29) is 29.8 Å². The van der Waals surface area contributed by atoms with E-state index in [9.17, 15) is 9.59 Å². The first-order valence-electron chi connectivity index (χ1n) is 8.97. The van der Waals surface area contributed by atoms with Crippen LogP contribution in [0.4, 0.5) is 4.79 Å². The molecule has 26 heavy (non-hydrogen) atoms. The van der Waals surface area contributed by atoms with Gasteiger partial charge in [0.1, 0.15) is 5.60 Å². The Morgan fingerprint density at radius 3 is 2.85 bits per heavy atom. The minimum absolute atomic E-state index is 0.0456. The zero-order valence-electron chi connectivity index (χ0n) is 15.2. The van der Waals surface area contributed by atoms with Gasteiger partial charge in [-0.05, 0) is 51.7 Å². The molecule has 1 saturated heterocycles. The van der Waals surface area contributed by atoms with Gasteiger partial charge in [0.15, 0.2) is 11.3 Å².